The second-order valence-corrected chi connectivity index (χ2v) is 5.98. The lowest BCUT2D eigenvalue weighted by molar-refractivity contribution is 0.594. The van der Waals surface area contributed by atoms with Crippen LogP contribution in [0.1, 0.15) is 30.7 Å². The molecule has 0 aliphatic carbocycles. The summed E-state index contributed by atoms with van der Waals surface area (Å²) in [6.07, 6.45) is 2.15. The molecule has 1 rings (SSSR count). The minimum absolute atomic E-state index is 0.133. The zero-order valence-electron chi connectivity index (χ0n) is 10.1. The molecule has 5 heteroatoms. The number of nitrogens with zero attached hydrogens (tertiary/aromatic N) is 1. The Morgan fingerprint density at radius 2 is 1.94 bits per heavy atom. The summed E-state index contributed by atoms with van der Waals surface area (Å²) in [6.45, 7) is 7.84. The smallest absolute Gasteiger partial charge is 0.239 e. The predicted molar refractivity (Wildman–Crippen MR) is 63.6 cm³/mol. The first-order valence-electron chi connectivity index (χ1n) is 5.21. The van der Waals surface area contributed by atoms with Crippen molar-refractivity contribution >= 4 is 10.0 Å². The van der Waals surface area contributed by atoms with E-state index in [1.54, 1.807) is 6.92 Å². The van der Waals surface area contributed by atoms with Gasteiger partial charge in [0.1, 0.15) is 4.90 Å². The molecular weight excluding hydrogens is 224 g/mol. The second-order valence-electron chi connectivity index (χ2n) is 4.45. The molecule has 4 nitrogen and oxygen atoms in total. The Labute approximate surface area is 96.9 Å². The maximum Gasteiger partial charge on any atom is 0.239 e. The Kier molecular flexibility index (Phi) is 3.70. The van der Waals surface area contributed by atoms with Gasteiger partial charge in [-0.25, -0.2) is 13.6 Å². The molecule has 16 heavy (non-hydrogen) atoms. The molecule has 0 bridgehead atoms. The van der Waals surface area contributed by atoms with E-state index < -0.39 is 10.0 Å². The van der Waals surface area contributed by atoms with Crippen molar-refractivity contribution in [2.45, 2.75) is 39.0 Å². The summed E-state index contributed by atoms with van der Waals surface area (Å²) in [6, 6.07) is 0. The molecule has 0 aliphatic rings. The van der Waals surface area contributed by atoms with Gasteiger partial charge in [-0.15, -0.1) is 0 Å². The highest BCUT2D eigenvalue weighted by atomic mass is 32.2. The van der Waals surface area contributed by atoms with Crippen molar-refractivity contribution in [2.24, 2.45) is 11.1 Å². The third-order valence-corrected chi connectivity index (χ3v) is 3.58. The van der Waals surface area contributed by atoms with Gasteiger partial charge in [-0.3, -0.25) is 4.98 Å². The van der Waals surface area contributed by atoms with Gasteiger partial charge < -0.3 is 0 Å². The second kappa shape index (κ2) is 4.51. The zero-order chi connectivity index (χ0) is 12.5. The molecule has 0 saturated carbocycles. The van der Waals surface area contributed by atoms with Crippen LogP contribution in [-0.2, 0) is 16.4 Å². The van der Waals surface area contributed by atoms with Crippen molar-refractivity contribution in [1.82, 2.24) is 4.98 Å². The molecule has 0 amide bonds. The first-order valence-corrected chi connectivity index (χ1v) is 6.76. The standard InChI is InChI=1S/C11H18N2O2S/c1-7(2)5-10-8(3)11(16(12,14)15)6-13-9(10)4/h6-7H,5H2,1-4H3,(H2,12,14,15). The van der Waals surface area contributed by atoms with E-state index in [4.69, 9.17) is 5.14 Å². The fraction of sp³-hybridized carbons (Fsp3) is 0.545. The Hall–Kier alpha value is -0.940. The summed E-state index contributed by atoms with van der Waals surface area (Å²) in [5.41, 5.74) is 2.59. The molecule has 0 spiro atoms. The molecule has 0 atom stereocenters. The van der Waals surface area contributed by atoms with Gasteiger partial charge in [0, 0.05) is 11.9 Å². The molecule has 0 fully saturated rings. The summed E-state index contributed by atoms with van der Waals surface area (Å²) < 4.78 is 22.7. The van der Waals surface area contributed by atoms with Crippen molar-refractivity contribution in [2.75, 3.05) is 0 Å². The van der Waals surface area contributed by atoms with Crippen molar-refractivity contribution < 1.29 is 8.42 Å². The van der Waals surface area contributed by atoms with Crippen LogP contribution in [-0.4, -0.2) is 13.4 Å². The van der Waals surface area contributed by atoms with Gasteiger partial charge in [0.25, 0.3) is 0 Å². The molecule has 0 unspecified atom stereocenters. The number of aryl methyl sites for hydroxylation is 1. The van der Waals surface area contributed by atoms with Crippen LogP contribution in [0.2, 0.25) is 0 Å². The molecule has 1 aromatic heterocycles. The Morgan fingerprint density at radius 3 is 2.38 bits per heavy atom. The minimum Gasteiger partial charge on any atom is -0.260 e. The number of nitrogens with two attached hydrogens (primary N) is 1. The summed E-state index contributed by atoms with van der Waals surface area (Å²) in [7, 11) is -3.67. The van der Waals surface area contributed by atoms with Gasteiger partial charge in [0.05, 0.1) is 0 Å². The van der Waals surface area contributed by atoms with Crippen molar-refractivity contribution in [3.63, 3.8) is 0 Å². The van der Waals surface area contributed by atoms with Crippen LogP contribution in [0.5, 0.6) is 0 Å². The molecule has 0 aromatic carbocycles. The summed E-state index contributed by atoms with van der Waals surface area (Å²) in [4.78, 5) is 4.23. The highest BCUT2D eigenvalue weighted by Gasteiger charge is 2.17. The minimum atomic E-state index is -3.67. The van der Waals surface area contributed by atoms with E-state index in [2.05, 4.69) is 18.8 Å². The molecule has 1 heterocycles. The average molecular weight is 242 g/mol. The lowest BCUT2D eigenvalue weighted by Crippen LogP contribution is -2.16. The average Bonchev–Trinajstić information content (AvgIpc) is 2.09. The van der Waals surface area contributed by atoms with Crippen LogP contribution in [0.4, 0.5) is 0 Å². The van der Waals surface area contributed by atoms with Gasteiger partial charge in [-0.1, -0.05) is 13.8 Å². The largest absolute Gasteiger partial charge is 0.260 e. The van der Waals surface area contributed by atoms with Crippen molar-refractivity contribution in [1.29, 1.82) is 0 Å². The molecule has 2 N–H and O–H groups in total. The summed E-state index contributed by atoms with van der Waals surface area (Å²) in [5, 5.41) is 5.14. The Morgan fingerprint density at radius 1 is 1.38 bits per heavy atom. The number of pyridine rings is 1. The monoisotopic (exact) mass is 242 g/mol. The Balaban J connectivity index is 3.39. The highest BCUT2D eigenvalue weighted by molar-refractivity contribution is 7.89. The number of rotatable bonds is 3. The van der Waals surface area contributed by atoms with E-state index in [-0.39, 0.29) is 4.90 Å². The lowest BCUT2D eigenvalue weighted by atomic mass is 9.98. The summed E-state index contributed by atoms with van der Waals surface area (Å²) >= 11 is 0. The first-order chi connectivity index (χ1) is 7.23. The van der Waals surface area contributed by atoms with Gasteiger partial charge >= 0.3 is 0 Å². The third-order valence-electron chi connectivity index (χ3n) is 2.55. The third kappa shape index (κ3) is 2.80. The van der Waals surface area contributed by atoms with Crippen LogP contribution in [0.25, 0.3) is 0 Å². The van der Waals surface area contributed by atoms with E-state index in [0.29, 0.717) is 5.92 Å². The van der Waals surface area contributed by atoms with E-state index in [1.807, 2.05) is 6.92 Å². The molecule has 90 valence electrons. The molecule has 0 radical (unpaired) electrons. The van der Waals surface area contributed by atoms with Gasteiger partial charge in [0.2, 0.25) is 10.0 Å². The van der Waals surface area contributed by atoms with Gasteiger partial charge in [-0.05, 0) is 37.3 Å². The molecule has 0 aliphatic heterocycles. The van der Waals surface area contributed by atoms with Crippen LogP contribution >= 0.6 is 0 Å². The summed E-state index contributed by atoms with van der Waals surface area (Å²) in [5.74, 6) is 0.454. The zero-order valence-corrected chi connectivity index (χ0v) is 10.9. The maximum absolute atomic E-state index is 11.3. The van der Waals surface area contributed by atoms with E-state index >= 15 is 0 Å². The number of hydrogen-bond acceptors (Lipinski definition) is 3. The van der Waals surface area contributed by atoms with Crippen LogP contribution in [0.15, 0.2) is 11.1 Å². The predicted octanol–water partition coefficient (Wildman–Crippen LogP) is 1.54. The molecule has 0 saturated heterocycles. The number of primary sulfonamides is 1. The molecule has 1 aromatic rings. The number of sulfonamides is 1. The number of aromatic nitrogens is 1. The van der Waals surface area contributed by atoms with Crippen LogP contribution in [0.3, 0.4) is 0 Å². The topological polar surface area (TPSA) is 73.0 Å². The fourth-order valence-electron chi connectivity index (χ4n) is 1.75. The van der Waals surface area contributed by atoms with Gasteiger partial charge in [0.15, 0.2) is 0 Å². The lowest BCUT2D eigenvalue weighted by Gasteiger charge is -2.14. The fourth-order valence-corrected chi connectivity index (χ4v) is 2.50. The maximum atomic E-state index is 11.3. The van der Waals surface area contributed by atoms with E-state index in [0.717, 1.165) is 23.2 Å². The quantitative estimate of drug-likeness (QED) is 0.873. The van der Waals surface area contributed by atoms with Crippen LogP contribution < -0.4 is 5.14 Å². The van der Waals surface area contributed by atoms with Crippen molar-refractivity contribution in [3.05, 3.63) is 23.0 Å². The van der Waals surface area contributed by atoms with Crippen molar-refractivity contribution in [3.8, 4) is 0 Å². The molecular formula is C11H18N2O2S. The van der Waals surface area contributed by atoms with Gasteiger partial charge in [-0.2, -0.15) is 0 Å². The normalized spacial score (nSPS) is 12.1. The van der Waals surface area contributed by atoms with E-state index in [1.165, 1.54) is 6.20 Å². The van der Waals surface area contributed by atoms with Crippen LogP contribution in [0, 0.1) is 19.8 Å². The highest BCUT2D eigenvalue weighted by Crippen LogP contribution is 2.21. The van der Waals surface area contributed by atoms with E-state index in [9.17, 15) is 8.42 Å². The number of hydrogen-bond donors (Lipinski definition) is 1. The first kappa shape index (κ1) is 13.1. The Bertz CT molecular complexity index is 493. The SMILES string of the molecule is Cc1ncc(S(N)(=O)=O)c(C)c1CC(C)C.